The number of aromatic nitrogens is 4. The molecule has 2 rings (SSSR count). The van der Waals surface area contributed by atoms with Gasteiger partial charge in [0.25, 0.3) is 0 Å². The molecule has 3 N–H and O–H groups in total. The monoisotopic (exact) mass is 232 g/mol. The molecule has 17 heavy (non-hydrogen) atoms. The first-order valence-electron chi connectivity index (χ1n) is 5.54. The summed E-state index contributed by atoms with van der Waals surface area (Å²) in [5.74, 6) is 1.56. The van der Waals surface area contributed by atoms with Crippen molar-refractivity contribution in [2.75, 3.05) is 11.1 Å². The van der Waals surface area contributed by atoms with Crippen molar-refractivity contribution in [2.24, 2.45) is 0 Å². The molecule has 2 aromatic heterocycles. The molecule has 2 aromatic rings. The Morgan fingerprint density at radius 2 is 2.24 bits per heavy atom. The summed E-state index contributed by atoms with van der Waals surface area (Å²) in [6.45, 7) is 5.39. The van der Waals surface area contributed by atoms with Crippen LogP contribution in [0.4, 0.5) is 11.5 Å². The van der Waals surface area contributed by atoms with Gasteiger partial charge in [-0.15, -0.1) is 10.2 Å². The molecule has 0 aliphatic rings. The number of aryl methyl sites for hydroxylation is 2. The van der Waals surface area contributed by atoms with Gasteiger partial charge in [0.1, 0.15) is 12.1 Å². The molecule has 0 bridgehead atoms. The third-order valence-electron chi connectivity index (χ3n) is 2.52. The first kappa shape index (κ1) is 11.4. The summed E-state index contributed by atoms with van der Waals surface area (Å²) < 4.78 is 1.97. The average Bonchev–Trinajstić information content (AvgIpc) is 2.77. The fraction of sp³-hybridized carbons (Fsp3) is 0.364. The van der Waals surface area contributed by atoms with Crippen molar-refractivity contribution in [2.45, 2.75) is 26.9 Å². The maximum atomic E-state index is 5.83. The third kappa shape index (κ3) is 2.52. The predicted octanol–water partition coefficient (Wildman–Crippen LogP) is 1.20. The molecule has 0 unspecified atom stereocenters. The van der Waals surface area contributed by atoms with E-state index in [1.54, 1.807) is 6.33 Å². The smallest absolute Gasteiger partial charge is 0.152 e. The lowest BCUT2D eigenvalue weighted by atomic mass is 10.3. The molecular formula is C11H16N6. The van der Waals surface area contributed by atoms with Gasteiger partial charge in [-0.2, -0.15) is 0 Å². The van der Waals surface area contributed by atoms with E-state index >= 15 is 0 Å². The van der Waals surface area contributed by atoms with Crippen LogP contribution >= 0.6 is 0 Å². The van der Waals surface area contributed by atoms with Gasteiger partial charge in [0.05, 0.1) is 12.2 Å². The molecule has 0 saturated heterocycles. The second-order valence-electron chi connectivity index (χ2n) is 3.78. The van der Waals surface area contributed by atoms with Gasteiger partial charge in [-0.3, -0.25) is 0 Å². The van der Waals surface area contributed by atoms with Crippen LogP contribution in [-0.2, 0) is 13.1 Å². The van der Waals surface area contributed by atoms with E-state index < -0.39 is 0 Å². The highest BCUT2D eigenvalue weighted by molar-refractivity contribution is 5.61. The normalized spacial score (nSPS) is 10.5. The van der Waals surface area contributed by atoms with Crippen LogP contribution in [0.15, 0.2) is 18.5 Å². The minimum absolute atomic E-state index is 0.564. The summed E-state index contributed by atoms with van der Waals surface area (Å²) in [4.78, 5) is 4.33. The number of rotatable bonds is 4. The Morgan fingerprint density at radius 3 is 3.00 bits per heavy atom. The van der Waals surface area contributed by atoms with E-state index in [0.29, 0.717) is 18.1 Å². The molecular weight excluding hydrogens is 216 g/mol. The summed E-state index contributed by atoms with van der Waals surface area (Å²) in [5, 5.41) is 11.1. The fourth-order valence-electron chi connectivity index (χ4n) is 1.55. The van der Waals surface area contributed by atoms with Gasteiger partial charge in [-0.25, -0.2) is 4.98 Å². The van der Waals surface area contributed by atoms with Crippen molar-refractivity contribution in [3.05, 3.63) is 30.0 Å². The number of hydrogen-bond donors (Lipinski definition) is 2. The lowest BCUT2D eigenvalue weighted by molar-refractivity contribution is 0.707. The Morgan fingerprint density at radius 1 is 1.41 bits per heavy atom. The summed E-state index contributed by atoms with van der Waals surface area (Å²) in [5.41, 5.74) is 7.40. The van der Waals surface area contributed by atoms with E-state index in [9.17, 15) is 0 Å². The van der Waals surface area contributed by atoms with Crippen molar-refractivity contribution in [1.82, 2.24) is 19.7 Å². The quantitative estimate of drug-likeness (QED) is 0.827. The molecule has 0 aliphatic carbocycles. The highest BCUT2D eigenvalue weighted by Gasteiger charge is 2.05. The largest absolute Gasteiger partial charge is 0.396 e. The van der Waals surface area contributed by atoms with Crippen molar-refractivity contribution in [1.29, 1.82) is 0 Å². The Balaban J connectivity index is 2.09. The van der Waals surface area contributed by atoms with Crippen LogP contribution in [-0.4, -0.2) is 19.7 Å². The maximum Gasteiger partial charge on any atom is 0.152 e. The minimum atomic E-state index is 0.564. The molecule has 6 heteroatoms. The topological polar surface area (TPSA) is 81.7 Å². The van der Waals surface area contributed by atoms with E-state index in [0.717, 1.165) is 18.1 Å². The second kappa shape index (κ2) is 4.82. The van der Waals surface area contributed by atoms with E-state index in [1.165, 1.54) is 0 Å². The molecule has 90 valence electrons. The molecule has 0 aromatic carbocycles. The van der Waals surface area contributed by atoms with Crippen molar-refractivity contribution < 1.29 is 0 Å². The van der Waals surface area contributed by atoms with Crippen LogP contribution in [0.5, 0.6) is 0 Å². The molecule has 0 atom stereocenters. The number of anilines is 2. The Bertz CT molecular complexity index is 504. The van der Waals surface area contributed by atoms with Gasteiger partial charge in [-0.1, -0.05) is 0 Å². The highest BCUT2D eigenvalue weighted by atomic mass is 15.3. The zero-order valence-corrected chi connectivity index (χ0v) is 10.0. The average molecular weight is 232 g/mol. The lowest BCUT2D eigenvalue weighted by Crippen LogP contribution is -2.10. The number of nitrogen functional groups attached to an aromatic ring is 1. The van der Waals surface area contributed by atoms with Gasteiger partial charge in [-0.05, 0) is 26.0 Å². The van der Waals surface area contributed by atoms with Crippen LogP contribution < -0.4 is 11.1 Å². The number of nitrogens with one attached hydrogen (secondary N) is 1. The fourth-order valence-corrected chi connectivity index (χ4v) is 1.55. The molecule has 0 spiro atoms. The molecule has 0 radical (unpaired) electrons. The Labute approximate surface area is 99.9 Å². The van der Waals surface area contributed by atoms with Gasteiger partial charge in [0, 0.05) is 12.2 Å². The summed E-state index contributed by atoms with van der Waals surface area (Å²) in [6.07, 6.45) is 1.71. The SMILES string of the molecule is CCn1cnnc1CNc1nc(C)ccc1N. The number of nitrogens with zero attached hydrogens (tertiary/aromatic N) is 4. The minimum Gasteiger partial charge on any atom is -0.396 e. The zero-order chi connectivity index (χ0) is 12.3. The summed E-state index contributed by atoms with van der Waals surface area (Å²) in [7, 11) is 0. The van der Waals surface area contributed by atoms with Gasteiger partial charge >= 0.3 is 0 Å². The van der Waals surface area contributed by atoms with Gasteiger partial charge in [0.15, 0.2) is 5.82 Å². The van der Waals surface area contributed by atoms with E-state index in [2.05, 4.69) is 20.5 Å². The molecule has 0 saturated carbocycles. The van der Waals surface area contributed by atoms with Crippen LogP contribution in [0.25, 0.3) is 0 Å². The van der Waals surface area contributed by atoms with Crippen molar-refractivity contribution >= 4 is 11.5 Å². The molecule has 0 amide bonds. The van der Waals surface area contributed by atoms with Crippen LogP contribution in [0, 0.1) is 6.92 Å². The van der Waals surface area contributed by atoms with E-state index in [1.807, 2.05) is 30.5 Å². The van der Waals surface area contributed by atoms with Crippen molar-refractivity contribution in [3.63, 3.8) is 0 Å². The Kier molecular flexibility index (Phi) is 3.22. The third-order valence-corrected chi connectivity index (χ3v) is 2.52. The number of pyridine rings is 1. The standard InChI is InChI=1S/C11H16N6/c1-3-17-7-14-16-10(17)6-13-11-9(12)5-4-8(2)15-11/h4-5,7H,3,6,12H2,1-2H3,(H,13,15). The number of nitrogens with two attached hydrogens (primary N) is 1. The van der Waals surface area contributed by atoms with Crippen LogP contribution in [0.2, 0.25) is 0 Å². The summed E-state index contributed by atoms with van der Waals surface area (Å²) >= 11 is 0. The predicted molar refractivity (Wildman–Crippen MR) is 66.4 cm³/mol. The first-order valence-corrected chi connectivity index (χ1v) is 5.54. The molecule has 6 nitrogen and oxygen atoms in total. The maximum absolute atomic E-state index is 5.83. The second-order valence-corrected chi connectivity index (χ2v) is 3.78. The van der Waals surface area contributed by atoms with Crippen LogP contribution in [0.3, 0.4) is 0 Å². The zero-order valence-electron chi connectivity index (χ0n) is 10.0. The van der Waals surface area contributed by atoms with Crippen LogP contribution in [0.1, 0.15) is 18.4 Å². The van der Waals surface area contributed by atoms with E-state index in [4.69, 9.17) is 5.73 Å². The highest BCUT2D eigenvalue weighted by Crippen LogP contribution is 2.15. The van der Waals surface area contributed by atoms with Gasteiger partial charge < -0.3 is 15.6 Å². The molecule has 0 fully saturated rings. The molecule has 2 heterocycles. The molecule has 0 aliphatic heterocycles. The Hall–Kier alpha value is -2.11. The first-order chi connectivity index (χ1) is 8.20. The van der Waals surface area contributed by atoms with Gasteiger partial charge in [0.2, 0.25) is 0 Å². The van der Waals surface area contributed by atoms with Crippen molar-refractivity contribution in [3.8, 4) is 0 Å². The lowest BCUT2D eigenvalue weighted by Gasteiger charge is -2.09. The van der Waals surface area contributed by atoms with E-state index in [-0.39, 0.29) is 0 Å². The summed E-state index contributed by atoms with van der Waals surface area (Å²) in [6, 6.07) is 3.73. The number of hydrogen-bond acceptors (Lipinski definition) is 5.